The van der Waals surface area contributed by atoms with Crippen molar-refractivity contribution in [2.24, 2.45) is 5.84 Å². The van der Waals surface area contributed by atoms with Crippen LogP contribution >= 0.6 is 39.1 Å². The van der Waals surface area contributed by atoms with Crippen LogP contribution in [0.25, 0.3) is 11.0 Å². The Labute approximate surface area is 140 Å². The maximum absolute atomic E-state index is 6.07. The van der Waals surface area contributed by atoms with Crippen LogP contribution in [0.5, 0.6) is 0 Å². The number of hydrogen-bond donors (Lipinski definition) is 2. The second kappa shape index (κ2) is 5.99. The monoisotopic (exact) mass is 384 g/mol. The lowest BCUT2D eigenvalue weighted by Gasteiger charge is -2.14. The third-order valence-corrected chi connectivity index (χ3v) is 4.61. The van der Waals surface area contributed by atoms with E-state index in [1.165, 1.54) is 0 Å². The largest absolute Gasteiger partial charge is 0.458 e. The summed E-state index contributed by atoms with van der Waals surface area (Å²) in [6.07, 6.45) is 0. The van der Waals surface area contributed by atoms with Gasteiger partial charge in [-0.05, 0) is 45.8 Å². The van der Waals surface area contributed by atoms with Gasteiger partial charge < -0.3 is 4.42 Å². The quantitative estimate of drug-likeness (QED) is 0.489. The first kappa shape index (κ1) is 14.9. The Hall–Kier alpha value is -1.04. The van der Waals surface area contributed by atoms with Crippen LogP contribution in [0.15, 0.2) is 51.4 Å². The summed E-state index contributed by atoms with van der Waals surface area (Å²) in [5.74, 6) is 6.39. The summed E-state index contributed by atoms with van der Waals surface area (Å²) in [7, 11) is 0. The second-order valence-electron chi connectivity index (χ2n) is 4.58. The lowest BCUT2D eigenvalue weighted by molar-refractivity contribution is 0.476. The predicted molar refractivity (Wildman–Crippen MR) is 89.5 cm³/mol. The highest BCUT2D eigenvalue weighted by Crippen LogP contribution is 2.33. The fourth-order valence-corrected chi connectivity index (χ4v) is 2.99. The Bertz CT molecular complexity index is 803. The Balaban J connectivity index is 2.09. The number of halogens is 3. The maximum atomic E-state index is 6.07. The summed E-state index contributed by atoms with van der Waals surface area (Å²) in [5.41, 5.74) is 4.41. The normalized spacial score (nSPS) is 12.8. The summed E-state index contributed by atoms with van der Waals surface area (Å²) >= 11 is 15.5. The molecule has 1 heterocycles. The summed E-state index contributed by atoms with van der Waals surface area (Å²) in [6.45, 7) is 0. The van der Waals surface area contributed by atoms with Crippen molar-refractivity contribution in [2.75, 3.05) is 0 Å². The molecule has 0 saturated heterocycles. The van der Waals surface area contributed by atoms with Gasteiger partial charge in [-0.2, -0.15) is 0 Å². The van der Waals surface area contributed by atoms with Crippen molar-refractivity contribution in [1.82, 2.24) is 5.43 Å². The van der Waals surface area contributed by atoms with Crippen LogP contribution in [0.2, 0.25) is 10.0 Å². The number of benzene rings is 2. The van der Waals surface area contributed by atoms with Gasteiger partial charge in [0.15, 0.2) is 0 Å². The number of fused-ring (bicyclic) bond motifs is 1. The van der Waals surface area contributed by atoms with Gasteiger partial charge in [-0.25, -0.2) is 5.43 Å². The molecule has 3 nitrogen and oxygen atoms in total. The highest BCUT2D eigenvalue weighted by molar-refractivity contribution is 9.10. The first-order valence-electron chi connectivity index (χ1n) is 6.19. The van der Waals surface area contributed by atoms with Gasteiger partial charge in [-0.1, -0.05) is 41.4 Å². The first-order chi connectivity index (χ1) is 10.1. The minimum absolute atomic E-state index is 0.306. The van der Waals surface area contributed by atoms with Gasteiger partial charge in [-0.15, -0.1) is 0 Å². The van der Waals surface area contributed by atoms with E-state index in [0.29, 0.717) is 15.8 Å². The fourth-order valence-electron chi connectivity index (χ4n) is 2.22. The minimum Gasteiger partial charge on any atom is -0.458 e. The van der Waals surface area contributed by atoms with E-state index >= 15 is 0 Å². The summed E-state index contributed by atoms with van der Waals surface area (Å²) < 4.78 is 6.81. The molecule has 3 aromatic rings. The smallest absolute Gasteiger partial charge is 0.148 e. The van der Waals surface area contributed by atoms with Gasteiger partial charge in [0.2, 0.25) is 0 Å². The molecular formula is C15H11BrCl2N2O. The molecular weight excluding hydrogens is 375 g/mol. The molecule has 0 aliphatic heterocycles. The zero-order valence-corrected chi connectivity index (χ0v) is 13.8. The van der Waals surface area contributed by atoms with E-state index in [2.05, 4.69) is 21.4 Å². The van der Waals surface area contributed by atoms with Crippen LogP contribution in [-0.4, -0.2) is 0 Å². The topological polar surface area (TPSA) is 51.2 Å². The van der Waals surface area contributed by atoms with Crippen LogP contribution in [0.1, 0.15) is 17.4 Å². The number of hydrazine groups is 1. The molecule has 0 spiro atoms. The number of hydrogen-bond acceptors (Lipinski definition) is 3. The van der Waals surface area contributed by atoms with Crippen molar-refractivity contribution in [2.45, 2.75) is 6.04 Å². The molecule has 0 fully saturated rings. The molecule has 3 N–H and O–H groups in total. The summed E-state index contributed by atoms with van der Waals surface area (Å²) in [6, 6.07) is 12.9. The van der Waals surface area contributed by atoms with E-state index in [9.17, 15) is 0 Å². The molecule has 3 rings (SSSR count). The van der Waals surface area contributed by atoms with E-state index in [4.69, 9.17) is 33.5 Å². The Morgan fingerprint density at radius 2 is 1.90 bits per heavy atom. The number of rotatable bonds is 3. The zero-order chi connectivity index (χ0) is 15.0. The maximum Gasteiger partial charge on any atom is 0.148 e. The van der Waals surface area contributed by atoms with Crippen LogP contribution in [-0.2, 0) is 0 Å². The standard InChI is InChI=1S/C15H11BrCl2N2O/c16-10-3-1-2-9-7-13(21-15(9)10)14(20-19)8-4-5-11(17)12(18)6-8/h1-7,14,20H,19H2. The van der Waals surface area contributed by atoms with Gasteiger partial charge in [0.1, 0.15) is 17.4 Å². The molecule has 0 radical (unpaired) electrons. The Morgan fingerprint density at radius 1 is 1.10 bits per heavy atom. The van der Waals surface area contributed by atoms with Gasteiger partial charge in [-0.3, -0.25) is 5.84 Å². The van der Waals surface area contributed by atoms with Crippen molar-refractivity contribution in [1.29, 1.82) is 0 Å². The van der Waals surface area contributed by atoms with Crippen molar-refractivity contribution >= 4 is 50.1 Å². The third kappa shape index (κ3) is 2.82. The number of nitrogens with two attached hydrogens (primary N) is 1. The van der Waals surface area contributed by atoms with Gasteiger partial charge >= 0.3 is 0 Å². The van der Waals surface area contributed by atoms with E-state index in [0.717, 1.165) is 21.0 Å². The van der Waals surface area contributed by atoms with Crippen LogP contribution < -0.4 is 11.3 Å². The minimum atomic E-state index is -0.306. The number of furan rings is 1. The van der Waals surface area contributed by atoms with Crippen LogP contribution in [0, 0.1) is 0 Å². The molecule has 1 aromatic heterocycles. The lowest BCUT2D eigenvalue weighted by atomic mass is 10.1. The molecule has 0 amide bonds. The van der Waals surface area contributed by atoms with Gasteiger partial charge in [0.25, 0.3) is 0 Å². The van der Waals surface area contributed by atoms with Crippen molar-refractivity contribution in [3.63, 3.8) is 0 Å². The molecule has 21 heavy (non-hydrogen) atoms. The Kier molecular flexibility index (Phi) is 4.24. The molecule has 2 aromatic carbocycles. The Morgan fingerprint density at radius 3 is 2.57 bits per heavy atom. The molecule has 1 unspecified atom stereocenters. The van der Waals surface area contributed by atoms with Gasteiger partial charge in [0.05, 0.1) is 14.5 Å². The van der Waals surface area contributed by atoms with Crippen LogP contribution in [0.3, 0.4) is 0 Å². The lowest BCUT2D eigenvalue weighted by Crippen LogP contribution is -2.28. The first-order valence-corrected chi connectivity index (χ1v) is 7.74. The van der Waals surface area contributed by atoms with E-state index in [1.54, 1.807) is 12.1 Å². The molecule has 0 saturated carbocycles. The van der Waals surface area contributed by atoms with Crippen molar-refractivity contribution in [3.05, 3.63) is 68.3 Å². The SMILES string of the molecule is NNC(c1ccc(Cl)c(Cl)c1)c1cc2cccc(Br)c2o1. The predicted octanol–water partition coefficient (Wildman–Crippen LogP) is 5.05. The summed E-state index contributed by atoms with van der Waals surface area (Å²) in [5, 5.41) is 1.98. The molecule has 0 bridgehead atoms. The van der Waals surface area contributed by atoms with Crippen LogP contribution in [0.4, 0.5) is 0 Å². The fraction of sp³-hybridized carbons (Fsp3) is 0.0667. The third-order valence-electron chi connectivity index (χ3n) is 3.24. The molecule has 6 heteroatoms. The van der Waals surface area contributed by atoms with Crippen molar-refractivity contribution < 1.29 is 4.42 Å². The van der Waals surface area contributed by atoms with Gasteiger partial charge in [0, 0.05) is 5.39 Å². The average Bonchev–Trinajstić information content (AvgIpc) is 2.89. The van der Waals surface area contributed by atoms with E-state index < -0.39 is 0 Å². The summed E-state index contributed by atoms with van der Waals surface area (Å²) in [4.78, 5) is 0. The molecule has 108 valence electrons. The highest BCUT2D eigenvalue weighted by Gasteiger charge is 2.19. The van der Waals surface area contributed by atoms with E-state index in [-0.39, 0.29) is 6.04 Å². The van der Waals surface area contributed by atoms with Crippen molar-refractivity contribution in [3.8, 4) is 0 Å². The zero-order valence-electron chi connectivity index (χ0n) is 10.7. The average molecular weight is 386 g/mol. The second-order valence-corrected chi connectivity index (χ2v) is 6.25. The number of para-hydroxylation sites is 1. The molecule has 0 aliphatic carbocycles. The number of nitrogens with one attached hydrogen (secondary N) is 1. The molecule has 1 atom stereocenters. The molecule has 0 aliphatic rings. The highest BCUT2D eigenvalue weighted by atomic mass is 79.9. The van der Waals surface area contributed by atoms with E-state index in [1.807, 2.05) is 30.3 Å².